The summed E-state index contributed by atoms with van der Waals surface area (Å²) in [6, 6.07) is 11.1. The molecular weight excluding hydrogens is 346 g/mol. The van der Waals surface area contributed by atoms with Crippen molar-refractivity contribution in [1.29, 1.82) is 0 Å². The summed E-state index contributed by atoms with van der Waals surface area (Å²) >= 11 is 0. The zero-order valence-electron chi connectivity index (χ0n) is 15.0. The van der Waals surface area contributed by atoms with E-state index in [9.17, 15) is 9.90 Å². The highest BCUT2D eigenvalue weighted by Crippen LogP contribution is 2.22. The Labute approximate surface area is 156 Å². The summed E-state index contributed by atoms with van der Waals surface area (Å²) in [7, 11) is 1.83. The highest BCUT2D eigenvalue weighted by atomic mass is 16.5. The van der Waals surface area contributed by atoms with Crippen LogP contribution in [-0.2, 0) is 24.9 Å². The third-order valence-electron chi connectivity index (χ3n) is 4.66. The van der Waals surface area contributed by atoms with Crippen LogP contribution in [0.1, 0.15) is 23.3 Å². The van der Waals surface area contributed by atoms with E-state index in [1.54, 1.807) is 21.9 Å². The van der Waals surface area contributed by atoms with E-state index >= 15 is 0 Å². The van der Waals surface area contributed by atoms with Crippen molar-refractivity contribution in [2.45, 2.75) is 19.2 Å². The largest absolute Gasteiger partial charge is 0.484 e. The third kappa shape index (κ3) is 3.56. The van der Waals surface area contributed by atoms with E-state index in [-0.39, 0.29) is 12.5 Å². The van der Waals surface area contributed by atoms with Gasteiger partial charge in [0, 0.05) is 26.0 Å². The van der Waals surface area contributed by atoms with E-state index in [2.05, 4.69) is 10.1 Å². The molecule has 8 nitrogen and oxygen atoms in total. The lowest BCUT2D eigenvalue weighted by Crippen LogP contribution is -2.40. The Balaban J connectivity index is 1.42. The molecule has 140 valence electrons. The number of aliphatic hydroxyl groups excluding tert-OH is 1. The Hall–Kier alpha value is -3.13. The van der Waals surface area contributed by atoms with E-state index < -0.39 is 6.10 Å². The van der Waals surface area contributed by atoms with Crippen LogP contribution in [0.5, 0.6) is 5.75 Å². The number of fused-ring (bicyclic) bond motifs is 1. The first-order valence-electron chi connectivity index (χ1n) is 8.79. The van der Waals surface area contributed by atoms with Gasteiger partial charge in [-0.05, 0) is 18.2 Å². The molecule has 2 aromatic heterocycles. The fraction of sp³-hybridized carbons (Fsp3) is 0.316. The van der Waals surface area contributed by atoms with Gasteiger partial charge < -0.3 is 19.3 Å². The normalized spacial score (nSPS) is 14.7. The average Bonchev–Trinajstić information content (AvgIpc) is 3.31. The number of imidazole rings is 1. The van der Waals surface area contributed by atoms with Crippen molar-refractivity contribution in [2.75, 3.05) is 13.2 Å². The topological polar surface area (TPSA) is 85.4 Å². The number of aryl methyl sites for hydroxylation is 1. The Bertz CT molecular complexity index is 934. The van der Waals surface area contributed by atoms with Crippen molar-refractivity contribution in [3.8, 4) is 5.75 Å². The minimum Gasteiger partial charge on any atom is -0.484 e. The summed E-state index contributed by atoms with van der Waals surface area (Å²) < 4.78 is 9.15. The minimum absolute atomic E-state index is 0.000896. The fourth-order valence-corrected chi connectivity index (χ4v) is 3.16. The maximum absolute atomic E-state index is 12.5. The van der Waals surface area contributed by atoms with Crippen molar-refractivity contribution >= 4 is 5.91 Å². The van der Waals surface area contributed by atoms with Crippen molar-refractivity contribution in [1.82, 2.24) is 24.2 Å². The maximum atomic E-state index is 12.5. The summed E-state index contributed by atoms with van der Waals surface area (Å²) in [5.41, 5.74) is 1.42. The Morgan fingerprint density at radius 3 is 2.85 bits per heavy atom. The number of aliphatic hydroxyl groups is 1. The lowest BCUT2D eigenvalue weighted by atomic mass is 10.2. The molecule has 0 bridgehead atoms. The van der Waals surface area contributed by atoms with Gasteiger partial charge in [-0.3, -0.25) is 9.48 Å². The first kappa shape index (κ1) is 17.3. The van der Waals surface area contributed by atoms with E-state index in [0.717, 1.165) is 5.69 Å². The van der Waals surface area contributed by atoms with Crippen LogP contribution in [0.4, 0.5) is 0 Å². The first-order valence-corrected chi connectivity index (χ1v) is 8.79. The molecule has 4 rings (SSSR count). The first-order chi connectivity index (χ1) is 13.1. The van der Waals surface area contributed by atoms with Crippen LogP contribution in [-0.4, -0.2) is 48.4 Å². The lowest BCUT2D eigenvalue weighted by Gasteiger charge is -2.27. The zero-order valence-corrected chi connectivity index (χ0v) is 15.0. The predicted molar refractivity (Wildman–Crippen MR) is 96.9 cm³/mol. The molecule has 0 unspecified atom stereocenters. The quantitative estimate of drug-likeness (QED) is 0.730. The van der Waals surface area contributed by atoms with Crippen molar-refractivity contribution in [2.24, 2.45) is 7.05 Å². The molecule has 0 spiro atoms. The zero-order chi connectivity index (χ0) is 18.8. The maximum Gasteiger partial charge on any atom is 0.260 e. The second kappa shape index (κ2) is 7.24. The van der Waals surface area contributed by atoms with Gasteiger partial charge in [0.25, 0.3) is 5.91 Å². The molecular formula is C19H21N5O3. The number of ether oxygens (including phenoxy) is 1. The number of hydrogen-bond acceptors (Lipinski definition) is 5. The second-order valence-corrected chi connectivity index (χ2v) is 6.50. The standard InChI is InChI=1S/C19H21N5O3/c1-22-8-7-20-19(22)18(26)16-11-14-12-23(9-10-24(14)21-16)17(25)13-27-15-5-3-2-4-6-15/h2-8,11,18,26H,9-10,12-13H2,1H3/t18-/m1/s1. The number of nitrogens with zero attached hydrogens (tertiary/aromatic N) is 5. The van der Waals surface area contributed by atoms with Gasteiger partial charge in [0.1, 0.15) is 11.6 Å². The molecule has 1 aliphatic heterocycles. The van der Waals surface area contributed by atoms with Crippen LogP contribution < -0.4 is 4.74 Å². The number of carbonyl (C=O) groups excluding carboxylic acids is 1. The summed E-state index contributed by atoms with van der Waals surface area (Å²) in [5.74, 6) is 1.14. The van der Waals surface area contributed by atoms with Gasteiger partial charge in [-0.1, -0.05) is 18.2 Å². The summed E-state index contributed by atoms with van der Waals surface area (Å²) in [5, 5.41) is 15.0. The van der Waals surface area contributed by atoms with Gasteiger partial charge >= 0.3 is 0 Å². The molecule has 3 aromatic rings. The van der Waals surface area contributed by atoms with Crippen molar-refractivity contribution in [3.05, 3.63) is 66.0 Å². The number of para-hydroxylation sites is 1. The van der Waals surface area contributed by atoms with Crippen LogP contribution in [0.2, 0.25) is 0 Å². The van der Waals surface area contributed by atoms with Gasteiger partial charge in [-0.2, -0.15) is 5.10 Å². The van der Waals surface area contributed by atoms with Crippen LogP contribution in [0.25, 0.3) is 0 Å². The smallest absolute Gasteiger partial charge is 0.260 e. The number of hydrogen-bond donors (Lipinski definition) is 1. The van der Waals surface area contributed by atoms with Gasteiger partial charge in [0.2, 0.25) is 0 Å². The van der Waals surface area contributed by atoms with Gasteiger partial charge in [-0.25, -0.2) is 4.98 Å². The SMILES string of the molecule is Cn1ccnc1[C@H](O)c1cc2n(n1)CCN(C(=O)COc1ccccc1)C2. The van der Waals surface area contributed by atoms with E-state index in [1.807, 2.05) is 48.1 Å². The second-order valence-electron chi connectivity index (χ2n) is 6.50. The van der Waals surface area contributed by atoms with Crippen molar-refractivity contribution in [3.63, 3.8) is 0 Å². The molecule has 0 saturated carbocycles. The molecule has 27 heavy (non-hydrogen) atoms. The molecule has 3 heterocycles. The van der Waals surface area contributed by atoms with Crippen molar-refractivity contribution < 1.29 is 14.6 Å². The highest BCUT2D eigenvalue weighted by molar-refractivity contribution is 5.77. The predicted octanol–water partition coefficient (Wildman–Crippen LogP) is 1.12. The minimum atomic E-state index is -0.895. The highest BCUT2D eigenvalue weighted by Gasteiger charge is 2.25. The monoisotopic (exact) mass is 367 g/mol. The number of amides is 1. The molecule has 8 heteroatoms. The molecule has 0 fully saturated rings. The van der Waals surface area contributed by atoms with Crippen LogP contribution >= 0.6 is 0 Å². The van der Waals surface area contributed by atoms with E-state index in [0.29, 0.717) is 36.9 Å². The van der Waals surface area contributed by atoms with Gasteiger partial charge in [0.15, 0.2) is 12.7 Å². The molecule has 1 N–H and O–H groups in total. The molecule has 1 aromatic carbocycles. The Morgan fingerprint density at radius 2 is 2.11 bits per heavy atom. The van der Waals surface area contributed by atoms with Crippen LogP contribution in [0.3, 0.4) is 0 Å². The summed E-state index contributed by atoms with van der Waals surface area (Å²) in [6.45, 7) is 1.58. The molecule has 0 radical (unpaired) electrons. The number of rotatable bonds is 5. The molecule has 0 saturated heterocycles. The fourth-order valence-electron chi connectivity index (χ4n) is 3.16. The molecule has 1 amide bonds. The number of carbonyl (C=O) groups is 1. The lowest BCUT2D eigenvalue weighted by molar-refractivity contribution is -0.134. The van der Waals surface area contributed by atoms with E-state index in [4.69, 9.17) is 4.74 Å². The van der Waals surface area contributed by atoms with Gasteiger partial charge in [-0.15, -0.1) is 0 Å². The molecule has 0 aliphatic carbocycles. The molecule has 1 aliphatic rings. The molecule has 1 atom stereocenters. The summed E-state index contributed by atoms with van der Waals surface area (Å²) in [4.78, 5) is 18.4. The van der Waals surface area contributed by atoms with Crippen LogP contribution in [0, 0.1) is 0 Å². The van der Waals surface area contributed by atoms with Gasteiger partial charge in [0.05, 0.1) is 24.5 Å². The van der Waals surface area contributed by atoms with E-state index in [1.165, 1.54) is 0 Å². The number of aromatic nitrogens is 4. The Kier molecular flexibility index (Phi) is 4.64. The average molecular weight is 367 g/mol. The third-order valence-corrected chi connectivity index (χ3v) is 4.66. The number of benzene rings is 1. The van der Waals surface area contributed by atoms with Crippen LogP contribution in [0.15, 0.2) is 48.8 Å². The summed E-state index contributed by atoms with van der Waals surface area (Å²) in [6.07, 6.45) is 2.53. The Morgan fingerprint density at radius 1 is 1.30 bits per heavy atom.